The van der Waals surface area contributed by atoms with Crippen molar-refractivity contribution in [2.45, 2.75) is 19.4 Å². The molecular weight excluding hydrogens is 396 g/mol. The van der Waals surface area contributed by atoms with Crippen LogP contribution in [-0.4, -0.2) is 29.6 Å². The van der Waals surface area contributed by atoms with E-state index in [1.165, 1.54) is 22.3 Å². The molecular formula is C25H25ClN2O2. The first-order valence-electron chi connectivity index (χ1n) is 10.1. The third-order valence-corrected chi connectivity index (χ3v) is 5.87. The van der Waals surface area contributed by atoms with Crippen molar-refractivity contribution in [2.75, 3.05) is 20.1 Å². The van der Waals surface area contributed by atoms with E-state index >= 15 is 0 Å². The average molecular weight is 421 g/mol. The van der Waals surface area contributed by atoms with E-state index in [1.807, 2.05) is 48.7 Å². The standard InChI is InChI=1S/C25H24N2O2.ClH/c1-26-11-10-23-20(16-26)13-19-7-8-21(14-24(19)23)27-12-9-22(15-25(27)28)29-17-18-5-3-2-4-6-18;/h2-9,12,14-15H,10-11,13,16-17H2,1H3;1H. The summed E-state index contributed by atoms with van der Waals surface area (Å²) in [6.07, 6.45) is 3.93. The smallest absolute Gasteiger partial charge is 0.258 e. The zero-order valence-electron chi connectivity index (χ0n) is 17.0. The van der Waals surface area contributed by atoms with Crippen molar-refractivity contribution in [1.29, 1.82) is 0 Å². The van der Waals surface area contributed by atoms with Gasteiger partial charge in [0.2, 0.25) is 0 Å². The van der Waals surface area contributed by atoms with Gasteiger partial charge in [-0.3, -0.25) is 9.36 Å². The van der Waals surface area contributed by atoms with E-state index in [4.69, 9.17) is 4.74 Å². The number of fused-ring (bicyclic) bond motifs is 2. The van der Waals surface area contributed by atoms with Crippen molar-refractivity contribution < 1.29 is 4.74 Å². The van der Waals surface area contributed by atoms with Gasteiger partial charge in [-0.25, -0.2) is 0 Å². The highest BCUT2D eigenvalue weighted by molar-refractivity contribution is 5.85. The number of hydrogen-bond acceptors (Lipinski definition) is 3. The van der Waals surface area contributed by atoms with Crippen molar-refractivity contribution in [2.24, 2.45) is 0 Å². The molecule has 0 radical (unpaired) electrons. The Labute approximate surface area is 182 Å². The molecule has 0 bridgehead atoms. The zero-order valence-corrected chi connectivity index (χ0v) is 17.8. The SMILES string of the molecule is CN1CCC2=C(Cc3ccc(-n4ccc(OCc5ccccc5)cc4=O)cc32)C1.Cl. The normalized spacial score (nSPS) is 15.4. The number of benzene rings is 2. The van der Waals surface area contributed by atoms with E-state index in [0.29, 0.717) is 12.4 Å². The summed E-state index contributed by atoms with van der Waals surface area (Å²) in [4.78, 5) is 15.1. The quantitative estimate of drug-likeness (QED) is 0.624. The molecule has 1 aromatic heterocycles. The third kappa shape index (κ3) is 3.93. The fourth-order valence-corrected chi connectivity index (χ4v) is 4.35. The molecule has 0 fully saturated rings. The highest BCUT2D eigenvalue weighted by atomic mass is 35.5. The molecule has 30 heavy (non-hydrogen) atoms. The second-order valence-corrected chi connectivity index (χ2v) is 7.93. The molecule has 0 N–H and O–H groups in total. The molecule has 0 atom stereocenters. The fourth-order valence-electron chi connectivity index (χ4n) is 4.35. The molecule has 0 saturated heterocycles. The molecule has 2 aromatic carbocycles. The highest BCUT2D eigenvalue weighted by Gasteiger charge is 2.25. The lowest BCUT2D eigenvalue weighted by Crippen LogP contribution is -2.26. The van der Waals surface area contributed by atoms with Gasteiger partial charge >= 0.3 is 0 Å². The van der Waals surface area contributed by atoms with Crippen LogP contribution in [0.25, 0.3) is 11.3 Å². The van der Waals surface area contributed by atoms with Crippen molar-refractivity contribution in [3.8, 4) is 11.4 Å². The summed E-state index contributed by atoms with van der Waals surface area (Å²) in [6.45, 7) is 2.59. The molecule has 0 unspecified atom stereocenters. The number of pyridine rings is 1. The van der Waals surface area contributed by atoms with Crippen LogP contribution < -0.4 is 10.3 Å². The van der Waals surface area contributed by atoms with E-state index in [0.717, 1.165) is 37.2 Å². The van der Waals surface area contributed by atoms with Gasteiger partial charge in [-0.15, -0.1) is 12.4 Å². The minimum atomic E-state index is -0.0777. The Morgan fingerprint density at radius 2 is 1.87 bits per heavy atom. The molecule has 0 saturated carbocycles. The van der Waals surface area contributed by atoms with E-state index in [-0.39, 0.29) is 18.0 Å². The van der Waals surface area contributed by atoms with E-state index in [1.54, 1.807) is 10.6 Å². The van der Waals surface area contributed by atoms with Crippen molar-refractivity contribution >= 4 is 18.0 Å². The number of likely N-dealkylation sites (N-methyl/N-ethyl adjacent to an activating group) is 1. The number of halogens is 1. The summed E-state index contributed by atoms with van der Waals surface area (Å²) >= 11 is 0. The summed E-state index contributed by atoms with van der Waals surface area (Å²) in [5.74, 6) is 0.594. The van der Waals surface area contributed by atoms with Crippen molar-refractivity contribution in [3.05, 3.63) is 99.5 Å². The van der Waals surface area contributed by atoms with Gasteiger partial charge in [-0.05, 0) is 65.9 Å². The Morgan fingerprint density at radius 3 is 2.67 bits per heavy atom. The third-order valence-electron chi connectivity index (χ3n) is 5.87. The first-order valence-corrected chi connectivity index (χ1v) is 10.1. The molecule has 2 heterocycles. The van der Waals surface area contributed by atoms with Gasteiger partial charge in [0.15, 0.2) is 0 Å². The summed E-state index contributed by atoms with van der Waals surface area (Å²) < 4.78 is 7.49. The molecule has 1 aliphatic heterocycles. The largest absolute Gasteiger partial charge is 0.489 e. The van der Waals surface area contributed by atoms with Crippen LogP contribution in [0.5, 0.6) is 5.75 Å². The van der Waals surface area contributed by atoms with Crippen LogP contribution in [0, 0.1) is 0 Å². The van der Waals surface area contributed by atoms with Crippen LogP contribution >= 0.6 is 12.4 Å². The maximum absolute atomic E-state index is 12.7. The van der Waals surface area contributed by atoms with Gasteiger partial charge in [0.1, 0.15) is 12.4 Å². The molecule has 5 heteroatoms. The number of ether oxygens (including phenoxy) is 1. The Kier molecular flexibility index (Phi) is 5.80. The van der Waals surface area contributed by atoms with Crippen LogP contribution in [-0.2, 0) is 13.0 Å². The van der Waals surface area contributed by atoms with Crippen LogP contribution in [0.4, 0.5) is 0 Å². The predicted molar refractivity (Wildman–Crippen MR) is 123 cm³/mol. The lowest BCUT2D eigenvalue weighted by molar-refractivity contribution is 0.305. The molecule has 3 aromatic rings. The van der Waals surface area contributed by atoms with Gasteiger partial charge in [0, 0.05) is 31.0 Å². The molecule has 2 aliphatic rings. The van der Waals surface area contributed by atoms with Crippen LogP contribution in [0.3, 0.4) is 0 Å². The highest BCUT2D eigenvalue weighted by Crippen LogP contribution is 2.38. The molecule has 154 valence electrons. The Morgan fingerprint density at radius 1 is 1.03 bits per heavy atom. The number of rotatable bonds is 4. The lowest BCUT2D eigenvalue weighted by atomic mass is 9.99. The van der Waals surface area contributed by atoms with Gasteiger partial charge in [-0.1, -0.05) is 36.4 Å². The maximum atomic E-state index is 12.7. The average Bonchev–Trinajstić information content (AvgIpc) is 3.09. The minimum absolute atomic E-state index is 0. The first kappa shape index (κ1) is 20.5. The Bertz CT molecular complexity index is 1150. The van der Waals surface area contributed by atoms with Gasteiger partial charge in [0.05, 0.1) is 0 Å². The van der Waals surface area contributed by atoms with Gasteiger partial charge < -0.3 is 9.64 Å². The van der Waals surface area contributed by atoms with E-state index in [9.17, 15) is 4.79 Å². The van der Waals surface area contributed by atoms with Crippen molar-refractivity contribution in [1.82, 2.24) is 9.47 Å². The van der Waals surface area contributed by atoms with E-state index in [2.05, 4.69) is 24.1 Å². The molecule has 5 rings (SSSR count). The van der Waals surface area contributed by atoms with E-state index < -0.39 is 0 Å². The first-order chi connectivity index (χ1) is 14.2. The monoisotopic (exact) mass is 420 g/mol. The number of hydrogen-bond donors (Lipinski definition) is 0. The lowest BCUT2D eigenvalue weighted by Gasteiger charge is -2.24. The fraction of sp³-hybridized carbons (Fsp3) is 0.240. The molecule has 0 spiro atoms. The Hall–Kier alpha value is -2.82. The molecule has 1 aliphatic carbocycles. The topological polar surface area (TPSA) is 34.5 Å². The summed E-state index contributed by atoms with van der Waals surface area (Å²) in [5.41, 5.74) is 7.63. The zero-order chi connectivity index (χ0) is 19.8. The molecule has 0 amide bonds. The van der Waals surface area contributed by atoms with Crippen LogP contribution in [0.1, 0.15) is 23.1 Å². The van der Waals surface area contributed by atoms with Crippen LogP contribution in [0.15, 0.2) is 77.2 Å². The molecule has 4 nitrogen and oxygen atoms in total. The summed E-state index contributed by atoms with van der Waals surface area (Å²) in [7, 11) is 2.18. The minimum Gasteiger partial charge on any atom is -0.489 e. The number of nitrogens with zero attached hydrogens (tertiary/aromatic N) is 2. The maximum Gasteiger partial charge on any atom is 0.258 e. The van der Waals surface area contributed by atoms with Gasteiger partial charge in [0.25, 0.3) is 5.56 Å². The Balaban J connectivity index is 0.00000218. The second-order valence-electron chi connectivity index (χ2n) is 7.93. The second kappa shape index (κ2) is 8.50. The van der Waals surface area contributed by atoms with Crippen LogP contribution in [0.2, 0.25) is 0 Å². The predicted octanol–water partition coefficient (Wildman–Crippen LogP) is 4.48. The summed E-state index contributed by atoms with van der Waals surface area (Å²) in [5, 5.41) is 0. The summed E-state index contributed by atoms with van der Waals surface area (Å²) in [6, 6.07) is 19.8. The van der Waals surface area contributed by atoms with Gasteiger partial charge in [-0.2, -0.15) is 0 Å². The van der Waals surface area contributed by atoms with Crippen molar-refractivity contribution in [3.63, 3.8) is 0 Å². The number of aromatic nitrogens is 1.